The standard InChI is InChI=1S/C15H18BrCl2NO/c16-8-10-3-1-2-4-11(10)9-19-15(20)13-7-12(17)5-6-14(13)18/h5-7,10-11H,1-4,8-9H2,(H,19,20). The summed E-state index contributed by atoms with van der Waals surface area (Å²) in [6.45, 7) is 0.706. The van der Waals surface area contributed by atoms with E-state index in [1.165, 1.54) is 25.7 Å². The molecule has 0 aromatic heterocycles. The Morgan fingerprint density at radius 1 is 1.25 bits per heavy atom. The molecule has 1 saturated carbocycles. The third-order valence-corrected chi connectivity index (χ3v) is 5.36. The number of halogens is 3. The maximum absolute atomic E-state index is 12.2. The van der Waals surface area contributed by atoms with E-state index >= 15 is 0 Å². The van der Waals surface area contributed by atoms with Gasteiger partial charge in [-0.05, 0) is 42.9 Å². The van der Waals surface area contributed by atoms with Crippen LogP contribution in [0.5, 0.6) is 0 Å². The van der Waals surface area contributed by atoms with Crippen molar-refractivity contribution >= 4 is 45.0 Å². The summed E-state index contributed by atoms with van der Waals surface area (Å²) in [7, 11) is 0. The van der Waals surface area contributed by atoms with Crippen LogP contribution in [0.3, 0.4) is 0 Å². The van der Waals surface area contributed by atoms with Crippen molar-refractivity contribution in [3.05, 3.63) is 33.8 Å². The molecular formula is C15H18BrCl2NO. The zero-order chi connectivity index (χ0) is 14.5. The fourth-order valence-electron chi connectivity index (χ4n) is 2.75. The topological polar surface area (TPSA) is 29.1 Å². The van der Waals surface area contributed by atoms with Crippen molar-refractivity contribution in [2.24, 2.45) is 11.8 Å². The van der Waals surface area contributed by atoms with Crippen molar-refractivity contribution in [3.63, 3.8) is 0 Å². The lowest BCUT2D eigenvalue weighted by Gasteiger charge is -2.30. The summed E-state index contributed by atoms with van der Waals surface area (Å²) in [4.78, 5) is 12.2. The van der Waals surface area contributed by atoms with E-state index in [0.29, 0.717) is 34.0 Å². The summed E-state index contributed by atoms with van der Waals surface area (Å²) < 4.78 is 0. The van der Waals surface area contributed by atoms with Gasteiger partial charge in [0, 0.05) is 16.9 Å². The molecule has 1 fully saturated rings. The molecule has 5 heteroatoms. The number of benzene rings is 1. The molecule has 1 amide bonds. The van der Waals surface area contributed by atoms with E-state index in [4.69, 9.17) is 23.2 Å². The summed E-state index contributed by atoms with van der Waals surface area (Å²) in [5.41, 5.74) is 0.449. The first-order chi connectivity index (χ1) is 9.61. The highest BCUT2D eigenvalue weighted by molar-refractivity contribution is 9.09. The Balaban J connectivity index is 1.96. The summed E-state index contributed by atoms with van der Waals surface area (Å²) in [6, 6.07) is 4.95. The van der Waals surface area contributed by atoms with Crippen LogP contribution in [0.2, 0.25) is 10.0 Å². The van der Waals surface area contributed by atoms with E-state index < -0.39 is 0 Å². The first kappa shape index (κ1) is 16.1. The highest BCUT2D eigenvalue weighted by Crippen LogP contribution is 2.31. The molecule has 2 nitrogen and oxygen atoms in total. The lowest BCUT2D eigenvalue weighted by molar-refractivity contribution is 0.0937. The molecule has 20 heavy (non-hydrogen) atoms. The molecule has 0 bridgehead atoms. The predicted molar refractivity (Wildman–Crippen MR) is 88.0 cm³/mol. The number of hydrogen-bond donors (Lipinski definition) is 1. The van der Waals surface area contributed by atoms with Gasteiger partial charge in [0.25, 0.3) is 5.91 Å². The summed E-state index contributed by atoms with van der Waals surface area (Å²) in [6.07, 6.45) is 4.96. The fraction of sp³-hybridized carbons (Fsp3) is 0.533. The highest BCUT2D eigenvalue weighted by atomic mass is 79.9. The molecule has 1 aliphatic carbocycles. The lowest BCUT2D eigenvalue weighted by Crippen LogP contribution is -2.35. The first-order valence-electron chi connectivity index (χ1n) is 6.91. The van der Waals surface area contributed by atoms with Crippen molar-refractivity contribution in [1.29, 1.82) is 0 Å². The predicted octanol–water partition coefficient (Wildman–Crippen LogP) is 4.92. The van der Waals surface area contributed by atoms with E-state index in [-0.39, 0.29) is 5.91 Å². The van der Waals surface area contributed by atoms with Gasteiger partial charge in [0.05, 0.1) is 10.6 Å². The van der Waals surface area contributed by atoms with Gasteiger partial charge >= 0.3 is 0 Å². The Morgan fingerprint density at radius 3 is 2.65 bits per heavy atom. The van der Waals surface area contributed by atoms with E-state index in [1.54, 1.807) is 18.2 Å². The van der Waals surface area contributed by atoms with Gasteiger partial charge in [-0.1, -0.05) is 52.0 Å². The molecular weight excluding hydrogens is 361 g/mol. The van der Waals surface area contributed by atoms with E-state index in [0.717, 1.165) is 5.33 Å². The largest absolute Gasteiger partial charge is 0.352 e. The molecule has 1 N–H and O–H groups in total. The van der Waals surface area contributed by atoms with Gasteiger partial charge in [-0.25, -0.2) is 0 Å². The molecule has 110 valence electrons. The van der Waals surface area contributed by atoms with Crippen molar-refractivity contribution < 1.29 is 4.79 Å². The van der Waals surface area contributed by atoms with Crippen LogP contribution < -0.4 is 5.32 Å². The van der Waals surface area contributed by atoms with Crippen LogP contribution in [0.4, 0.5) is 0 Å². The van der Waals surface area contributed by atoms with Crippen LogP contribution >= 0.6 is 39.1 Å². The van der Waals surface area contributed by atoms with E-state index in [1.807, 2.05) is 0 Å². The zero-order valence-electron chi connectivity index (χ0n) is 11.2. The normalized spacial score (nSPS) is 22.6. The second-order valence-electron chi connectivity index (χ2n) is 5.29. The van der Waals surface area contributed by atoms with Crippen LogP contribution in [0, 0.1) is 11.8 Å². The Morgan fingerprint density at radius 2 is 1.95 bits per heavy atom. The molecule has 2 unspecified atom stereocenters. The average molecular weight is 379 g/mol. The molecule has 0 heterocycles. The second kappa shape index (κ2) is 7.67. The molecule has 0 radical (unpaired) electrons. The molecule has 2 rings (SSSR count). The lowest BCUT2D eigenvalue weighted by atomic mass is 9.80. The summed E-state index contributed by atoms with van der Waals surface area (Å²) >= 11 is 15.5. The maximum atomic E-state index is 12.2. The van der Waals surface area contributed by atoms with Crippen LogP contribution in [0.15, 0.2) is 18.2 Å². The molecule has 1 aromatic carbocycles. The van der Waals surface area contributed by atoms with Gasteiger partial charge in [-0.2, -0.15) is 0 Å². The fourth-order valence-corrected chi connectivity index (χ4v) is 3.97. The van der Waals surface area contributed by atoms with Crippen LogP contribution in [-0.2, 0) is 0 Å². The Bertz CT molecular complexity index is 481. The molecule has 0 spiro atoms. The van der Waals surface area contributed by atoms with Gasteiger partial charge in [0.15, 0.2) is 0 Å². The number of rotatable bonds is 4. The van der Waals surface area contributed by atoms with Crippen molar-refractivity contribution in [1.82, 2.24) is 5.32 Å². The quantitative estimate of drug-likeness (QED) is 0.739. The van der Waals surface area contributed by atoms with Gasteiger partial charge in [0.1, 0.15) is 0 Å². The number of amides is 1. The molecule has 2 atom stereocenters. The maximum Gasteiger partial charge on any atom is 0.252 e. The van der Waals surface area contributed by atoms with E-state index in [9.17, 15) is 4.79 Å². The minimum absolute atomic E-state index is 0.142. The minimum atomic E-state index is -0.142. The number of alkyl halides is 1. The Kier molecular flexibility index (Phi) is 6.19. The second-order valence-corrected chi connectivity index (χ2v) is 6.78. The SMILES string of the molecule is O=C(NCC1CCCCC1CBr)c1cc(Cl)ccc1Cl. The van der Waals surface area contributed by atoms with Crippen molar-refractivity contribution in [2.75, 3.05) is 11.9 Å². The average Bonchev–Trinajstić information content (AvgIpc) is 2.47. The summed E-state index contributed by atoms with van der Waals surface area (Å²) in [5, 5.41) is 4.96. The minimum Gasteiger partial charge on any atom is -0.352 e. The molecule has 1 aromatic rings. The Hall–Kier alpha value is -0.250. The number of carbonyl (C=O) groups excluding carboxylic acids is 1. The van der Waals surface area contributed by atoms with Gasteiger partial charge in [-0.15, -0.1) is 0 Å². The highest BCUT2D eigenvalue weighted by Gasteiger charge is 2.24. The van der Waals surface area contributed by atoms with E-state index in [2.05, 4.69) is 21.2 Å². The Labute approximate surface area is 138 Å². The third kappa shape index (κ3) is 4.12. The van der Waals surface area contributed by atoms with Crippen molar-refractivity contribution in [3.8, 4) is 0 Å². The van der Waals surface area contributed by atoms with Crippen LogP contribution in [0.1, 0.15) is 36.0 Å². The van der Waals surface area contributed by atoms with Gasteiger partial charge in [0.2, 0.25) is 0 Å². The van der Waals surface area contributed by atoms with Crippen LogP contribution in [0.25, 0.3) is 0 Å². The smallest absolute Gasteiger partial charge is 0.252 e. The number of nitrogens with one attached hydrogen (secondary N) is 1. The molecule has 0 aliphatic heterocycles. The van der Waals surface area contributed by atoms with Crippen LogP contribution in [-0.4, -0.2) is 17.8 Å². The zero-order valence-corrected chi connectivity index (χ0v) is 14.3. The summed E-state index contributed by atoms with van der Waals surface area (Å²) in [5.74, 6) is 1.06. The number of carbonyl (C=O) groups is 1. The van der Waals surface area contributed by atoms with Gasteiger partial charge in [-0.3, -0.25) is 4.79 Å². The van der Waals surface area contributed by atoms with Gasteiger partial charge < -0.3 is 5.32 Å². The third-order valence-electron chi connectivity index (χ3n) is 3.96. The monoisotopic (exact) mass is 377 g/mol. The molecule has 0 saturated heterocycles. The number of hydrogen-bond acceptors (Lipinski definition) is 1. The molecule has 1 aliphatic rings. The van der Waals surface area contributed by atoms with Crippen molar-refractivity contribution in [2.45, 2.75) is 25.7 Å². The first-order valence-corrected chi connectivity index (χ1v) is 8.78.